The third-order valence-corrected chi connectivity index (χ3v) is 4.93. The average Bonchev–Trinajstić information content (AvgIpc) is 2.89. The summed E-state index contributed by atoms with van der Waals surface area (Å²) in [6.45, 7) is 1.54. The summed E-state index contributed by atoms with van der Waals surface area (Å²) in [5, 5.41) is 9.37. The van der Waals surface area contributed by atoms with Crippen LogP contribution in [0.25, 0.3) is 0 Å². The van der Waals surface area contributed by atoms with Crippen LogP contribution in [0.2, 0.25) is 0 Å². The first kappa shape index (κ1) is 16.4. The monoisotopic (exact) mass is 342 g/mol. The third kappa shape index (κ3) is 4.52. The second-order valence-electron chi connectivity index (χ2n) is 4.32. The molecule has 0 amide bonds. The molecule has 1 aromatic heterocycles. The van der Waals surface area contributed by atoms with E-state index in [0.29, 0.717) is 5.75 Å². The SMILES string of the molecule is Cc1ncc(CNS(=O)(=O)c2ccc(OCC(=O)O)cc2)s1. The Morgan fingerprint density at radius 1 is 1.36 bits per heavy atom. The minimum absolute atomic E-state index is 0.0800. The highest BCUT2D eigenvalue weighted by Crippen LogP contribution is 2.17. The van der Waals surface area contributed by atoms with Gasteiger partial charge >= 0.3 is 5.97 Å². The van der Waals surface area contributed by atoms with Crippen LogP contribution >= 0.6 is 11.3 Å². The van der Waals surface area contributed by atoms with Gasteiger partial charge in [-0.3, -0.25) is 0 Å². The lowest BCUT2D eigenvalue weighted by Crippen LogP contribution is -2.22. The van der Waals surface area contributed by atoms with Crippen LogP contribution in [-0.4, -0.2) is 31.1 Å². The molecule has 118 valence electrons. The Bertz CT molecular complexity index is 753. The zero-order chi connectivity index (χ0) is 16.2. The maximum Gasteiger partial charge on any atom is 0.341 e. The highest BCUT2D eigenvalue weighted by molar-refractivity contribution is 7.89. The van der Waals surface area contributed by atoms with E-state index in [9.17, 15) is 13.2 Å². The number of nitrogens with zero attached hydrogens (tertiary/aromatic N) is 1. The lowest BCUT2D eigenvalue weighted by Gasteiger charge is -2.07. The molecule has 0 aliphatic carbocycles. The van der Waals surface area contributed by atoms with Crippen molar-refractivity contribution < 1.29 is 23.1 Å². The number of thiazole rings is 1. The van der Waals surface area contributed by atoms with Crippen LogP contribution in [0.15, 0.2) is 35.4 Å². The van der Waals surface area contributed by atoms with Gasteiger partial charge in [0.25, 0.3) is 0 Å². The Hall–Kier alpha value is -1.97. The molecule has 7 nitrogen and oxygen atoms in total. The van der Waals surface area contributed by atoms with Gasteiger partial charge in [0.2, 0.25) is 10.0 Å². The van der Waals surface area contributed by atoms with Crippen molar-refractivity contribution in [2.75, 3.05) is 6.61 Å². The fourth-order valence-electron chi connectivity index (χ4n) is 1.60. The Kier molecular flexibility index (Phi) is 5.11. The molecule has 2 rings (SSSR count). The molecule has 0 radical (unpaired) electrons. The first-order valence-corrected chi connectivity index (χ1v) is 8.52. The van der Waals surface area contributed by atoms with Crippen molar-refractivity contribution in [1.29, 1.82) is 0 Å². The maximum atomic E-state index is 12.1. The number of carboxylic acid groups (broad SMARTS) is 1. The van der Waals surface area contributed by atoms with Crippen molar-refractivity contribution in [3.05, 3.63) is 40.3 Å². The third-order valence-electron chi connectivity index (χ3n) is 2.60. The molecule has 22 heavy (non-hydrogen) atoms. The van der Waals surface area contributed by atoms with Crippen LogP contribution in [0.4, 0.5) is 0 Å². The van der Waals surface area contributed by atoms with E-state index in [2.05, 4.69) is 9.71 Å². The normalized spacial score (nSPS) is 11.3. The van der Waals surface area contributed by atoms with E-state index < -0.39 is 22.6 Å². The molecule has 0 atom stereocenters. The van der Waals surface area contributed by atoms with Gasteiger partial charge in [-0.05, 0) is 31.2 Å². The second kappa shape index (κ2) is 6.86. The number of hydrogen-bond donors (Lipinski definition) is 2. The van der Waals surface area contributed by atoms with E-state index >= 15 is 0 Å². The van der Waals surface area contributed by atoms with Crippen LogP contribution in [-0.2, 0) is 21.4 Å². The number of nitrogens with one attached hydrogen (secondary N) is 1. The van der Waals surface area contributed by atoms with Gasteiger partial charge in [0, 0.05) is 17.6 Å². The number of rotatable bonds is 7. The smallest absolute Gasteiger partial charge is 0.341 e. The summed E-state index contributed by atoms with van der Waals surface area (Å²) in [6.07, 6.45) is 1.63. The van der Waals surface area contributed by atoms with Gasteiger partial charge in [-0.1, -0.05) is 0 Å². The molecule has 0 fully saturated rings. The molecular formula is C13H14N2O5S2. The zero-order valence-corrected chi connectivity index (χ0v) is 13.3. The van der Waals surface area contributed by atoms with Crippen LogP contribution in [0.3, 0.4) is 0 Å². The fourth-order valence-corrected chi connectivity index (χ4v) is 3.43. The summed E-state index contributed by atoms with van der Waals surface area (Å²) < 4.78 is 31.7. The largest absolute Gasteiger partial charge is 0.482 e. The van der Waals surface area contributed by atoms with Crippen molar-refractivity contribution >= 4 is 27.3 Å². The molecule has 0 aliphatic rings. The predicted octanol–water partition coefficient (Wildman–Crippen LogP) is 1.39. The van der Waals surface area contributed by atoms with Gasteiger partial charge in [0.05, 0.1) is 9.90 Å². The Morgan fingerprint density at radius 2 is 2.05 bits per heavy atom. The number of ether oxygens (including phenoxy) is 1. The highest BCUT2D eigenvalue weighted by Gasteiger charge is 2.14. The molecule has 9 heteroatoms. The van der Waals surface area contributed by atoms with E-state index in [1.54, 1.807) is 6.20 Å². The summed E-state index contributed by atoms with van der Waals surface area (Å²) in [5.41, 5.74) is 0. The van der Waals surface area contributed by atoms with E-state index in [0.717, 1.165) is 9.88 Å². The van der Waals surface area contributed by atoms with Crippen LogP contribution in [0.5, 0.6) is 5.75 Å². The molecule has 0 unspecified atom stereocenters. The van der Waals surface area contributed by atoms with Gasteiger partial charge in [-0.25, -0.2) is 22.9 Å². The number of aryl methyl sites for hydroxylation is 1. The van der Waals surface area contributed by atoms with Crippen molar-refractivity contribution in [3.8, 4) is 5.75 Å². The summed E-state index contributed by atoms with van der Waals surface area (Å²) in [5.74, 6) is -0.808. The summed E-state index contributed by atoms with van der Waals surface area (Å²) in [4.78, 5) is 15.3. The minimum atomic E-state index is -3.64. The molecule has 0 saturated heterocycles. The summed E-state index contributed by atoms with van der Waals surface area (Å²) >= 11 is 1.42. The van der Waals surface area contributed by atoms with E-state index in [1.807, 2.05) is 6.92 Å². The van der Waals surface area contributed by atoms with Gasteiger partial charge in [-0.2, -0.15) is 0 Å². The van der Waals surface area contributed by atoms with E-state index in [1.165, 1.54) is 35.6 Å². The number of carbonyl (C=O) groups is 1. The lowest BCUT2D eigenvalue weighted by molar-refractivity contribution is -0.139. The quantitative estimate of drug-likeness (QED) is 0.788. The maximum absolute atomic E-state index is 12.1. The summed E-state index contributed by atoms with van der Waals surface area (Å²) in [7, 11) is -3.64. The number of carboxylic acids is 1. The van der Waals surface area contributed by atoms with Crippen molar-refractivity contribution in [2.45, 2.75) is 18.4 Å². The molecule has 0 bridgehead atoms. The van der Waals surface area contributed by atoms with Crippen molar-refractivity contribution in [3.63, 3.8) is 0 Å². The number of aliphatic carboxylic acids is 1. The van der Waals surface area contributed by atoms with Crippen LogP contribution in [0.1, 0.15) is 9.88 Å². The zero-order valence-electron chi connectivity index (χ0n) is 11.6. The molecule has 0 aliphatic heterocycles. The van der Waals surface area contributed by atoms with Gasteiger partial charge in [0.1, 0.15) is 5.75 Å². The van der Waals surface area contributed by atoms with E-state index in [4.69, 9.17) is 9.84 Å². The molecule has 2 aromatic rings. The average molecular weight is 342 g/mol. The van der Waals surface area contributed by atoms with Crippen LogP contribution < -0.4 is 9.46 Å². The second-order valence-corrected chi connectivity index (χ2v) is 7.41. The van der Waals surface area contributed by atoms with Crippen LogP contribution in [0, 0.1) is 6.92 Å². The van der Waals surface area contributed by atoms with Crippen molar-refractivity contribution in [1.82, 2.24) is 9.71 Å². The molecule has 0 saturated carbocycles. The highest BCUT2D eigenvalue weighted by atomic mass is 32.2. The molecule has 1 heterocycles. The summed E-state index contributed by atoms with van der Waals surface area (Å²) in [6, 6.07) is 5.54. The number of sulfonamides is 1. The van der Waals surface area contributed by atoms with Gasteiger partial charge in [-0.15, -0.1) is 11.3 Å². The Morgan fingerprint density at radius 3 is 2.59 bits per heavy atom. The fraction of sp³-hybridized carbons (Fsp3) is 0.231. The van der Waals surface area contributed by atoms with E-state index in [-0.39, 0.29) is 11.4 Å². The number of hydrogen-bond acceptors (Lipinski definition) is 6. The Balaban J connectivity index is 2.01. The number of benzene rings is 1. The van der Waals surface area contributed by atoms with Gasteiger partial charge in [0.15, 0.2) is 6.61 Å². The number of aromatic nitrogens is 1. The molecule has 2 N–H and O–H groups in total. The lowest BCUT2D eigenvalue weighted by atomic mass is 10.3. The van der Waals surface area contributed by atoms with Crippen molar-refractivity contribution in [2.24, 2.45) is 0 Å². The topological polar surface area (TPSA) is 106 Å². The first-order chi connectivity index (χ1) is 10.4. The predicted molar refractivity (Wildman–Crippen MR) is 80.4 cm³/mol. The molecular weight excluding hydrogens is 328 g/mol. The standard InChI is InChI=1S/C13H14N2O5S2/c1-9-14-6-11(21-9)7-15-22(18,19)12-4-2-10(3-5-12)20-8-13(16)17/h2-6,15H,7-8H2,1H3,(H,16,17). The Labute approximate surface area is 131 Å². The first-order valence-electron chi connectivity index (χ1n) is 6.22. The minimum Gasteiger partial charge on any atom is -0.482 e. The van der Waals surface area contributed by atoms with Gasteiger partial charge < -0.3 is 9.84 Å². The molecule has 1 aromatic carbocycles. The molecule has 0 spiro atoms.